The van der Waals surface area contributed by atoms with Gasteiger partial charge in [-0.15, -0.1) is 0 Å². The first-order chi connectivity index (χ1) is 6.67. The van der Waals surface area contributed by atoms with E-state index in [9.17, 15) is 8.42 Å². The Bertz CT molecular complexity index is 464. The van der Waals surface area contributed by atoms with E-state index in [1.807, 2.05) is 6.07 Å². The highest BCUT2D eigenvalue weighted by atomic mass is 32.2. The summed E-state index contributed by atoms with van der Waals surface area (Å²) in [5.74, 6) is -0.0381. The van der Waals surface area contributed by atoms with Crippen molar-refractivity contribution >= 4 is 23.1 Å². The predicted octanol–water partition coefficient (Wildman–Crippen LogP) is 1.00. The summed E-state index contributed by atoms with van der Waals surface area (Å²) in [5.41, 5.74) is 1.43. The minimum Gasteiger partial charge on any atom is -0.263 e. The molecule has 5 heteroatoms. The number of rotatable bonds is 3. The topological polar surface area (TPSA) is 70.3 Å². The number of nitriles is 1. The van der Waals surface area contributed by atoms with E-state index in [0.29, 0.717) is 16.8 Å². The average molecular weight is 208 g/mol. The monoisotopic (exact) mass is 208 g/mol. The van der Waals surface area contributed by atoms with Gasteiger partial charge in [-0.1, -0.05) is 6.07 Å². The number of nitrogens with zero attached hydrogens (tertiary/aromatic N) is 2. The third-order valence-corrected chi connectivity index (χ3v) is 2.29. The molecule has 14 heavy (non-hydrogen) atoms. The fourth-order valence-electron chi connectivity index (χ4n) is 1.05. The van der Waals surface area contributed by atoms with Crippen molar-refractivity contribution in [3.05, 3.63) is 29.3 Å². The van der Waals surface area contributed by atoms with Crippen molar-refractivity contribution in [3.63, 3.8) is 0 Å². The summed E-state index contributed by atoms with van der Waals surface area (Å²) >= 11 is 0. The maximum atomic E-state index is 10.4. The largest absolute Gasteiger partial charge is 0.263 e. The second kappa shape index (κ2) is 4.53. The van der Waals surface area contributed by atoms with Crippen molar-refractivity contribution in [2.24, 2.45) is 4.99 Å². The van der Waals surface area contributed by atoms with Crippen molar-refractivity contribution in [3.8, 4) is 6.07 Å². The molecule has 0 N–H and O–H groups in total. The molecule has 0 radical (unpaired) electrons. The first-order valence-corrected chi connectivity index (χ1v) is 5.15. The molecule has 0 heterocycles. The second-order valence-electron chi connectivity index (χ2n) is 2.61. The van der Waals surface area contributed by atoms with Crippen molar-refractivity contribution in [1.82, 2.24) is 0 Å². The van der Waals surface area contributed by atoms with Crippen molar-refractivity contribution < 1.29 is 8.42 Å². The number of thiol groups is 1. The summed E-state index contributed by atoms with van der Waals surface area (Å²) in [6, 6.07) is 6.63. The van der Waals surface area contributed by atoms with E-state index in [4.69, 9.17) is 5.26 Å². The zero-order valence-corrected chi connectivity index (χ0v) is 8.20. The SMILES string of the molecule is C=Nc1cc(C[SH](=O)=O)ccc1C#N. The fraction of sp³-hybridized carbons (Fsp3) is 0.111. The summed E-state index contributed by atoms with van der Waals surface area (Å²) < 4.78 is 20.9. The van der Waals surface area contributed by atoms with E-state index in [1.54, 1.807) is 12.1 Å². The molecule has 0 aromatic heterocycles. The first-order valence-electron chi connectivity index (χ1n) is 3.79. The highest BCUT2D eigenvalue weighted by molar-refractivity contribution is 7.71. The molecule has 0 saturated carbocycles. The lowest BCUT2D eigenvalue weighted by Crippen LogP contribution is -1.87. The standard InChI is InChI=1S/C9H8N2O2S/c1-11-9-4-7(6-14(12)13)2-3-8(9)5-10/h2-4,14H,1,6H2. The van der Waals surface area contributed by atoms with E-state index in [1.165, 1.54) is 6.07 Å². The summed E-state index contributed by atoms with van der Waals surface area (Å²) in [7, 11) is -2.45. The van der Waals surface area contributed by atoms with Gasteiger partial charge >= 0.3 is 0 Å². The zero-order valence-electron chi connectivity index (χ0n) is 7.30. The van der Waals surface area contributed by atoms with E-state index >= 15 is 0 Å². The van der Waals surface area contributed by atoms with Crippen LogP contribution in [-0.4, -0.2) is 15.1 Å². The predicted molar refractivity (Wildman–Crippen MR) is 54.4 cm³/mol. The Labute approximate surface area is 83.5 Å². The van der Waals surface area contributed by atoms with Crippen LogP contribution in [0.15, 0.2) is 23.2 Å². The summed E-state index contributed by atoms with van der Waals surface area (Å²) in [6.45, 7) is 3.31. The molecule has 0 bridgehead atoms. The molecule has 0 atom stereocenters. The van der Waals surface area contributed by atoms with Crippen LogP contribution >= 0.6 is 0 Å². The molecule has 0 unspecified atom stereocenters. The van der Waals surface area contributed by atoms with Gasteiger partial charge in [-0.2, -0.15) is 5.26 Å². The molecule has 0 fully saturated rings. The minimum absolute atomic E-state index is 0.0381. The van der Waals surface area contributed by atoms with Crippen molar-refractivity contribution in [2.75, 3.05) is 0 Å². The fourth-order valence-corrected chi connectivity index (χ4v) is 1.54. The normalized spacial score (nSPS) is 9.71. The molecule has 72 valence electrons. The Hall–Kier alpha value is -1.67. The molecule has 0 aliphatic heterocycles. The van der Waals surface area contributed by atoms with Gasteiger partial charge in [0.25, 0.3) is 0 Å². The second-order valence-corrected chi connectivity index (χ2v) is 3.59. The summed E-state index contributed by atoms with van der Waals surface area (Å²) in [5, 5.41) is 8.67. The van der Waals surface area contributed by atoms with Gasteiger partial charge in [0.1, 0.15) is 16.8 Å². The Morgan fingerprint density at radius 1 is 1.50 bits per heavy atom. The van der Waals surface area contributed by atoms with Crippen molar-refractivity contribution in [1.29, 1.82) is 5.26 Å². The molecule has 4 nitrogen and oxygen atoms in total. The van der Waals surface area contributed by atoms with Crippen LogP contribution in [0.1, 0.15) is 11.1 Å². The van der Waals surface area contributed by atoms with E-state index in [2.05, 4.69) is 11.7 Å². The molecule has 0 amide bonds. The highest BCUT2D eigenvalue weighted by Crippen LogP contribution is 2.19. The number of hydrogen-bond donors (Lipinski definition) is 1. The van der Waals surface area contributed by atoms with Crippen molar-refractivity contribution in [2.45, 2.75) is 5.75 Å². The van der Waals surface area contributed by atoms with Gasteiger partial charge in [-0.25, -0.2) is 8.42 Å². The zero-order chi connectivity index (χ0) is 10.6. The lowest BCUT2D eigenvalue weighted by molar-refractivity contribution is 0.614. The van der Waals surface area contributed by atoms with Crippen LogP contribution in [0, 0.1) is 11.3 Å². The van der Waals surface area contributed by atoms with Gasteiger partial charge in [0, 0.05) is 0 Å². The Balaban J connectivity index is 3.15. The molecule has 0 spiro atoms. The van der Waals surface area contributed by atoms with E-state index < -0.39 is 10.7 Å². The van der Waals surface area contributed by atoms with Crippen LogP contribution in [0.4, 0.5) is 5.69 Å². The number of benzene rings is 1. The number of aliphatic imine (C=N–C) groups is 1. The maximum Gasteiger partial charge on any atom is 0.144 e. The lowest BCUT2D eigenvalue weighted by Gasteiger charge is -1.99. The molecule has 1 aromatic carbocycles. The number of hydrogen-bond acceptors (Lipinski definition) is 4. The minimum atomic E-state index is -2.45. The maximum absolute atomic E-state index is 10.4. The van der Waals surface area contributed by atoms with Crippen LogP contribution in [0.25, 0.3) is 0 Å². The van der Waals surface area contributed by atoms with E-state index in [0.717, 1.165) is 0 Å². The average Bonchev–Trinajstić information content (AvgIpc) is 2.16. The van der Waals surface area contributed by atoms with Crippen LogP contribution in [-0.2, 0) is 16.5 Å². The molecule has 0 saturated heterocycles. The first kappa shape index (κ1) is 10.4. The highest BCUT2D eigenvalue weighted by Gasteiger charge is 2.02. The molecular formula is C9H8N2O2S. The van der Waals surface area contributed by atoms with Crippen LogP contribution in [0.5, 0.6) is 0 Å². The smallest absolute Gasteiger partial charge is 0.144 e. The van der Waals surface area contributed by atoms with Gasteiger partial charge in [0.05, 0.1) is 17.0 Å². The van der Waals surface area contributed by atoms with Gasteiger partial charge in [0.2, 0.25) is 0 Å². The molecule has 1 rings (SSSR count). The molecule has 0 aliphatic carbocycles. The Kier molecular flexibility index (Phi) is 3.37. The quantitative estimate of drug-likeness (QED) is 0.595. The molecular weight excluding hydrogens is 200 g/mol. The van der Waals surface area contributed by atoms with Crippen LogP contribution in [0.3, 0.4) is 0 Å². The summed E-state index contributed by atoms with van der Waals surface area (Å²) in [6.07, 6.45) is 0. The van der Waals surface area contributed by atoms with Gasteiger partial charge in [-0.3, -0.25) is 4.99 Å². The third kappa shape index (κ3) is 2.41. The van der Waals surface area contributed by atoms with Crippen LogP contribution < -0.4 is 0 Å². The molecule has 0 aliphatic rings. The summed E-state index contributed by atoms with van der Waals surface area (Å²) in [4.78, 5) is 3.64. The van der Waals surface area contributed by atoms with E-state index in [-0.39, 0.29) is 5.75 Å². The van der Waals surface area contributed by atoms with Gasteiger partial charge in [0.15, 0.2) is 0 Å². The Morgan fingerprint density at radius 2 is 2.21 bits per heavy atom. The van der Waals surface area contributed by atoms with Crippen LogP contribution in [0.2, 0.25) is 0 Å². The lowest BCUT2D eigenvalue weighted by atomic mass is 10.1. The third-order valence-electron chi connectivity index (χ3n) is 1.66. The Morgan fingerprint density at radius 3 is 2.71 bits per heavy atom. The van der Waals surface area contributed by atoms with Gasteiger partial charge < -0.3 is 0 Å². The molecule has 1 aromatic rings. The van der Waals surface area contributed by atoms with Gasteiger partial charge in [-0.05, 0) is 24.4 Å².